The fourth-order valence-electron chi connectivity index (χ4n) is 2.34. The number of benzene rings is 2. The van der Waals surface area contributed by atoms with Gasteiger partial charge < -0.3 is 10.2 Å². The van der Waals surface area contributed by atoms with Crippen LogP contribution in [0.2, 0.25) is 5.02 Å². The third-order valence-corrected chi connectivity index (χ3v) is 3.86. The van der Waals surface area contributed by atoms with Crippen molar-refractivity contribution in [2.24, 2.45) is 0 Å². The highest BCUT2D eigenvalue weighted by Gasteiger charge is 2.31. The Kier molecular flexibility index (Phi) is 5.92. The minimum absolute atomic E-state index is 0.00435. The predicted octanol–water partition coefficient (Wildman–Crippen LogP) is 4.66. The molecular formula is C18H16ClF3N2O2. The Morgan fingerprint density at radius 1 is 1.15 bits per heavy atom. The lowest BCUT2D eigenvalue weighted by molar-refractivity contribution is -0.137. The number of halogens is 4. The summed E-state index contributed by atoms with van der Waals surface area (Å²) in [6.45, 7) is 2.51. The van der Waals surface area contributed by atoms with Crippen LogP contribution in [0.4, 0.5) is 24.5 Å². The van der Waals surface area contributed by atoms with E-state index in [-0.39, 0.29) is 5.69 Å². The second-order valence-electron chi connectivity index (χ2n) is 5.66. The fraction of sp³-hybridized carbons (Fsp3) is 0.222. The number of anilines is 2. The van der Waals surface area contributed by atoms with Crippen molar-refractivity contribution in [2.45, 2.75) is 20.0 Å². The van der Waals surface area contributed by atoms with Gasteiger partial charge in [0, 0.05) is 23.3 Å². The van der Waals surface area contributed by atoms with Crippen LogP contribution in [0.1, 0.15) is 18.1 Å². The van der Waals surface area contributed by atoms with Gasteiger partial charge in [0.2, 0.25) is 11.8 Å². The first-order valence-electron chi connectivity index (χ1n) is 7.59. The molecule has 2 rings (SSSR count). The number of amides is 2. The molecule has 2 aromatic rings. The minimum Gasteiger partial charge on any atom is -0.324 e. The summed E-state index contributed by atoms with van der Waals surface area (Å²) in [5.74, 6) is -1.09. The SMILES string of the molecule is CC(=O)N(CC(=O)Nc1ccc(Cl)cc1C)c1cccc(C(F)(F)F)c1. The standard InChI is InChI=1S/C18H16ClF3N2O2/c1-11-8-14(19)6-7-16(11)23-17(26)10-24(12(2)25)15-5-3-4-13(9-15)18(20,21)22/h3-9H,10H2,1-2H3,(H,23,26). The molecule has 0 fully saturated rings. The third-order valence-electron chi connectivity index (χ3n) is 3.63. The van der Waals surface area contributed by atoms with Gasteiger partial charge in [-0.2, -0.15) is 13.2 Å². The summed E-state index contributed by atoms with van der Waals surface area (Å²) in [6.07, 6.45) is -4.54. The molecule has 26 heavy (non-hydrogen) atoms. The van der Waals surface area contributed by atoms with E-state index in [0.717, 1.165) is 22.6 Å². The van der Waals surface area contributed by atoms with Gasteiger partial charge in [-0.1, -0.05) is 17.7 Å². The van der Waals surface area contributed by atoms with Crippen LogP contribution in [0.15, 0.2) is 42.5 Å². The summed E-state index contributed by atoms with van der Waals surface area (Å²) < 4.78 is 38.6. The number of carbonyl (C=O) groups excluding carboxylic acids is 2. The largest absolute Gasteiger partial charge is 0.416 e. The summed E-state index contributed by atoms with van der Waals surface area (Å²) in [5, 5.41) is 3.13. The van der Waals surface area contributed by atoms with Crippen molar-refractivity contribution in [1.82, 2.24) is 0 Å². The van der Waals surface area contributed by atoms with Gasteiger partial charge in [-0.05, 0) is 48.9 Å². The van der Waals surface area contributed by atoms with Crippen molar-refractivity contribution in [3.05, 3.63) is 58.6 Å². The van der Waals surface area contributed by atoms with Gasteiger partial charge in [0.15, 0.2) is 0 Å². The Balaban J connectivity index is 2.20. The van der Waals surface area contributed by atoms with E-state index in [9.17, 15) is 22.8 Å². The van der Waals surface area contributed by atoms with Gasteiger partial charge in [0.1, 0.15) is 6.54 Å². The molecule has 2 aromatic carbocycles. The second-order valence-corrected chi connectivity index (χ2v) is 6.10. The number of carbonyl (C=O) groups is 2. The topological polar surface area (TPSA) is 49.4 Å². The van der Waals surface area contributed by atoms with Crippen LogP contribution in [-0.2, 0) is 15.8 Å². The molecular weight excluding hydrogens is 369 g/mol. The van der Waals surface area contributed by atoms with Gasteiger partial charge in [0.25, 0.3) is 0 Å². The lowest BCUT2D eigenvalue weighted by atomic mass is 10.1. The van der Waals surface area contributed by atoms with Gasteiger partial charge in [-0.15, -0.1) is 0 Å². The quantitative estimate of drug-likeness (QED) is 0.833. The van der Waals surface area contributed by atoms with Crippen LogP contribution in [0.25, 0.3) is 0 Å². The van der Waals surface area contributed by atoms with Crippen LogP contribution in [0.5, 0.6) is 0 Å². The Labute approximate surface area is 153 Å². The first-order chi connectivity index (χ1) is 12.1. The van der Waals surface area contributed by atoms with Crippen molar-refractivity contribution in [3.8, 4) is 0 Å². The summed E-state index contributed by atoms with van der Waals surface area (Å²) in [6, 6.07) is 9.14. The summed E-state index contributed by atoms with van der Waals surface area (Å²) in [7, 11) is 0. The Morgan fingerprint density at radius 3 is 2.42 bits per heavy atom. The van der Waals surface area contributed by atoms with Crippen molar-refractivity contribution in [3.63, 3.8) is 0 Å². The van der Waals surface area contributed by atoms with Gasteiger partial charge >= 0.3 is 6.18 Å². The lowest BCUT2D eigenvalue weighted by Gasteiger charge is -2.22. The molecule has 4 nitrogen and oxygen atoms in total. The van der Waals surface area contributed by atoms with E-state index >= 15 is 0 Å². The molecule has 8 heteroatoms. The number of alkyl halides is 3. The maximum absolute atomic E-state index is 12.9. The molecule has 0 aromatic heterocycles. The molecule has 0 bridgehead atoms. The average Bonchev–Trinajstić information content (AvgIpc) is 2.54. The molecule has 0 unspecified atom stereocenters. The van der Waals surface area contributed by atoms with Crippen molar-refractivity contribution in [1.29, 1.82) is 0 Å². The maximum atomic E-state index is 12.9. The smallest absolute Gasteiger partial charge is 0.324 e. The Hall–Kier alpha value is -2.54. The normalized spacial score (nSPS) is 11.2. The van der Waals surface area contributed by atoms with E-state index < -0.39 is 30.1 Å². The van der Waals surface area contributed by atoms with Crippen LogP contribution in [0, 0.1) is 6.92 Å². The Bertz CT molecular complexity index is 837. The molecule has 0 saturated carbocycles. The third kappa shape index (κ3) is 4.98. The number of hydrogen-bond acceptors (Lipinski definition) is 2. The number of nitrogens with zero attached hydrogens (tertiary/aromatic N) is 1. The van der Waals surface area contributed by atoms with Gasteiger partial charge in [0.05, 0.1) is 5.56 Å². The van der Waals surface area contributed by atoms with Crippen LogP contribution in [0.3, 0.4) is 0 Å². The van der Waals surface area contributed by atoms with E-state index in [1.165, 1.54) is 19.1 Å². The lowest BCUT2D eigenvalue weighted by Crippen LogP contribution is -2.36. The van der Waals surface area contributed by atoms with Crippen molar-refractivity contribution < 1.29 is 22.8 Å². The molecule has 0 aliphatic carbocycles. The molecule has 0 radical (unpaired) electrons. The number of aryl methyl sites for hydroxylation is 1. The monoisotopic (exact) mass is 384 g/mol. The second kappa shape index (κ2) is 7.78. The number of rotatable bonds is 4. The highest BCUT2D eigenvalue weighted by molar-refractivity contribution is 6.30. The first-order valence-corrected chi connectivity index (χ1v) is 7.97. The molecule has 1 N–H and O–H groups in total. The Morgan fingerprint density at radius 2 is 1.85 bits per heavy atom. The van der Waals surface area contributed by atoms with E-state index in [1.807, 2.05) is 0 Å². The maximum Gasteiger partial charge on any atom is 0.416 e. The predicted molar refractivity (Wildman–Crippen MR) is 94.3 cm³/mol. The van der Waals surface area contributed by atoms with Gasteiger partial charge in [-0.25, -0.2) is 0 Å². The van der Waals surface area contributed by atoms with E-state index in [0.29, 0.717) is 10.7 Å². The molecule has 2 amide bonds. The van der Waals surface area contributed by atoms with Crippen molar-refractivity contribution >= 4 is 34.8 Å². The average molecular weight is 385 g/mol. The summed E-state index contributed by atoms with van der Waals surface area (Å²) in [5.41, 5.74) is 0.330. The fourth-order valence-corrected chi connectivity index (χ4v) is 2.56. The van der Waals surface area contributed by atoms with Crippen LogP contribution in [-0.4, -0.2) is 18.4 Å². The number of nitrogens with one attached hydrogen (secondary N) is 1. The summed E-state index contributed by atoms with van der Waals surface area (Å²) in [4.78, 5) is 25.1. The van der Waals surface area contributed by atoms with Gasteiger partial charge in [-0.3, -0.25) is 9.59 Å². The highest BCUT2D eigenvalue weighted by Crippen LogP contribution is 2.31. The molecule has 0 aliphatic heterocycles. The van der Waals surface area contributed by atoms with E-state index in [4.69, 9.17) is 11.6 Å². The van der Waals surface area contributed by atoms with Crippen molar-refractivity contribution in [2.75, 3.05) is 16.8 Å². The molecule has 0 saturated heterocycles. The first kappa shape index (κ1) is 19.8. The van der Waals surface area contributed by atoms with Crippen LogP contribution >= 0.6 is 11.6 Å². The van der Waals surface area contributed by atoms with E-state index in [1.54, 1.807) is 25.1 Å². The minimum atomic E-state index is -4.54. The molecule has 0 spiro atoms. The molecule has 0 atom stereocenters. The molecule has 0 aliphatic rings. The van der Waals surface area contributed by atoms with Crippen LogP contribution < -0.4 is 10.2 Å². The highest BCUT2D eigenvalue weighted by atomic mass is 35.5. The zero-order valence-corrected chi connectivity index (χ0v) is 14.8. The molecule has 0 heterocycles. The zero-order valence-electron chi connectivity index (χ0n) is 14.0. The summed E-state index contributed by atoms with van der Waals surface area (Å²) >= 11 is 5.85. The van der Waals surface area contributed by atoms with E-state index in [2.05, 4.69) is 5.32 Å². The molecule has 138 valence electrons. The number of hydrogen-bond donors (Lipinski definition) is 1. The zero-order chi connectivity index (χ0) is 19.5.